The Morgan fingerprint density at radius 2 is 1.96 bits per heavy atom. The van der Waals surface area contributed by atoms with Crippen LogP contribution in [0.4, 0.5) is 0 Å². The average molecular weight is 331 g/mol. The summed E-state index contributed by atoms with van der Waals surface area (Å²) in [5, 5.41) is 8.30. The van der Waals surface area contributed by atoms with E-state index in [-0.39, 0.29) is 0 Å². The maximum absolute atomic E-state index is 4.28. The second kappa shape index (κ2) is 7.97. The molecule has 2 heterocycles. The Labute approximate surface area is 143 Å². The van der Waals surface area contributed by atoms with Gasteiger partial charge < -0.3 is 9.47 Å². The van der Waals surface area contributed by atoms with Gasteiger partial charge in [-0.15, -0.1) is 22.0 Å². The molecule has 2 aromatic rings. The summed E-state index contributed by atoms with van der Waals surface area (Å²) in [5.74, 6) is 2.91. The van der Waals surface area contributed by atoms with Crippen LogP contribution in [-0.4, -0.2) is 44.5 Å². The Morgan fingerprint density at radius 3 is 2.61 bits per heavy atom. The SMILES string of the molecule is CC(CCSc1ccccc1)N1CCC(c2nncn2C)CC1. The van der Waals surface area contributed by atoms with E-state index in [1.807, 2.05) is 25.1 Å². The van der Waals surface area contributed by atoms with Crippen LogP contribution in [0, 0.1) is 0 Å². The predicted molar refractivity (Wildman–Crippen MR) is 95.8 cm³/mol. The molecule has 0 bridgehead atoms. The van der Waals surface area contributed by atoms with Crippen LogP contribution in [0.15, 0.2) is 41.6 Å². The number of likely N-dealkylation sites (tertiary alicyclic amines) is 1. The molecule has 0 N–H and O–H groups in total. The van der Waals surface area contributed by atoms with E-state index in [0.717, 1.165) is 5.82 Å². The number of rotatable bonds is 6. The van der Waals surface area contributed by atoms with Crippen molar-refractivity contribution in [3.63, 3.8) is 0 Å². The van der Waals surface area contributed by atoms with Crippen LogP contribution in [0.25, 0.3) is 0 Å². The van der Waals surface area contributed by atoms with Crippen molar-refractivity contribution in [1.82, 2.24) is 19.7 Å². The van der Waals surface area contributed by atoms with E-state index >= 15 is 0 Å². The van der Waals surface area contributed by atoms with Gasteiger partial charge in [0.05, 0.1) is 0 Å². The highest BCUT2D eigenvalue weighted by Gasteiger charge is 2.25. The lowest BCUT2D eigenvalue weighted by atomic mass is 9.95. The molecule has 4 nitrogen and oxygen atoms in total. The predicted octanol–water partition coefficient (Wildman–Crippen LogP) is 3.57. The van der Waals surface area contributed by atoms with E-state index in [1.54, 1.807) is 0 Å². The third-order valence-corrected chi connectivity index (χ3v) is 5.86. The molecule has 0 amide bonds. The highest BCUT2D eigenvalue weighted by molar-refractivity contribution is 7.99. The van der Waals surface area contributed by atoms with Crippen LogP contribution in [0.3, 0.4) is 0 Å². The summed E-state index contributed by atoms with van der Waals surface area (Å²) >= 11 is 1.97. The van der Waals surface area contributed by atoms with Crippen molar-refractivity contribution in [3.05, 3.63) is 42.5 Å². The molecule has 1 atom stereocenters. The summed E-state index contributed by atoms with van der Waals surface area (Å²) in [6, 6.07) is 11.4. The molecule has 0 saturated carbocycles. The standard InChI is InChI=1S/C18H26N4S/c1-15(10-13-23-17-6-4-3-5-7-17)22-11-8-16(9-12-22)18-20-19-14-21(18)2/h3-7,14-16H,8-13H2,1-2H3. The largest absolute Gasteiger partial charge is 0.320 e. The summed E-state index contributed by atoms with van der Waals surface area (Å²) in [4.78, 5) is 4.01. The third kappa shape index (κ3) is 4.36. The fourth-order valence-electron chi connectivity index (χ4n) is 3.31. The second-order valence-electron chi connectivity index (χ2n) is 6.41. The van der Waals surface area contributed by atoms with Gasteiger partial charge in [-0.25, -0.2) is 0 Å². The number of aromatic nitrogens is 3. The van der Waals surface area contributed by atoms with E-state index in [9.17, 15) is 0 Å². The van der Waals surface area contributed by atoms with Gasteiger partial charge in [-0.3, -0.25) is 0 Å². The van der Waals surface area contributed by atoms with Gasteiger partial charge in [0, 0.05) is 23.9 Å². The molecule has 3 rings (SSSR count). The molecule has 1 saturated heterocycles. The topological polar surface area (TPSA) is 34.0 Å². The van der Waals surface area contributed by atoms with Crippen molar-refractivity contribution in [2.75, 3.05) is 18.8 Å². The van der Waals surface area contributed by atoms with Crippen molar-refractivity contribution in [2.24, 2.45) is 7.05 Å². The summed E-state index contributed by atoms with van der Waals surface area (Å²) in [6.07, 6.45) is 5.45. The fraction of sp³-hybridized carbons (Fsp3) is 0.556. The normalized spacial score (nSPS) is 18.2. The fourth-order valence-corrected chi connectivity index (χ4v) is 4.35. The third-order valence-electron chi connectivity index (χ3n) is 4.81. The summed E-state index contributed by atoms with van der Waals surface area (Å²) < 4.78 is 2.07. The van der Waals surface area contributed by atoms with Gasteiger partial charge in [-0.05, 0) is 57.2 Å². The van der Waals surface area contributed by atoms with Crippen molar-refractivity contribution in [3.8, 4) is 0 Å². The minimum absolute atomic E-state index is 0.574. The van der Waals surface area contributed by atoms with Gasteiger partial charge in [-0.1, -0.05) is 18.2 Å². The van der Waals surface area contributed by atoms with Gasteiger partial charge in [-0.2, -0.15) is 0 Å². The van der Waals surface area contributed by atoms with Crippen LogP contribution >= 0.6 is 11.8 Å². The highest BCUT2D eigenvalue weighted by Crippen LogP contribution is 2.28. The van der Waals surface area contributed by atoms with E-state index in [1.165, 1.54) is 43.0 Å². The van der Waals surface area contributed by atoms with E-state index < -0.39 is 0 Å². The average Bonchev–Trinajstić information content (AvgIpc) is 3.02. The zero-order chi connectivity index (χ0) is 16.1. The van der Waals surface area contributed by atoms with Crippen molar-refractivity contribution < 1.29 is 0 Å². The van der Waals surface area contributed by atoms with Crippen molar-refractivity contribution in [2.45, 2.75) is 43.0 Å². The van der Waals surface area contributed by atoms with E-state index in [2.05, 4.69) is 56.9 Å². The maximum Gasteiger partial charge on any atom is 0.135 e. The zero-order valence-corrected chi connectivity index (χ0v) is 14.9. The first-order valence-corrected chi connectivity index (χ1v) is 9.48. The molecule has 1 aromatic carbocycles. The highest BCUT2D eigenvalue weighted by atomic mass is 32.2. The molecule has 23 heavy (non-hydrogen) atoms. The van der Waals surface area contributed by atoms with Crippen LogP contribution < -0.4 is 0 Å². The summed E-state index contributed by atoms with van der Waals surface area (Å²) in [6.45, 7) is 4.72. The first-order valence-electron chi connectivity index (χ1n) is 8.50. The van der Waals surface area contributed by atoms with Crippen LogP contribution in [0.5, 0.6) is 0 Å². The Kier molecular flexibility index (Phi) is 5.73. The van der Waals surface area contributed by atoms with Gasteiger partial charge in [0.15, 0.2) is 0 Å². The first-order chi connectivity index (χ1) is 11.2. The van der Waals surface area contributed by atoms with Gasteiger partial charge in [0.25, 0.3) is 0 Å². The molecular formula is C18H26N4S. The first kappa shape index (κ1) is 16.5. The Bertz CT molecular complexity index is 590. The Morgan fingerprint density at radius 1 is 1.22 bits per heavy atom. The Balaban J connectivity index is 1.41. The number of benzene rings is 1. The van der Waals surface area contributed by atoms with Gasteiger partial charge >= 0.3 is 0 Å². The summed E-state index contributed by atoms with van der Waals surface area (Å²) in [7, 11) is 2.05. The number of thioether (sulfide) groups is 1. The number of hydrogen-bond acceptors (Lipinski definition) is 4. The van der Waals surface area contributed by atoms with Crippen LogP contribution in [0.1, 0.15) is 37.9 Å². The van der Waals surface area contributed by atoms with Crippen LogP contribution in [-0.2, 0) is 7.05 Å². The van der Waals surface area contributed by atoms with Gasteiger partial charge in [0.2, 0.25) is 0 Å². The molecule has 0 radical (unpaired) electrons. The number of piperidine rings is 1. The monoisotopic (exact) mass is 330 g/mol. The molecule has 1 fully saturated rings. The van der Waals surface area contributed by atoms with Gasteiger partial charge in [0.1, 0.15) is 12.2 Å². The molecule has 1 unspecified atom stereocenters. The molecule has 1 aliphatic rings. The lowest BCUT2D eigenvalue weighted by Crippen LogP contribution is -2.40. The van der Waals surface area contributed by atoms with E-state index in [0.29, 0.717) is 12.0 Å². The number of aryl methyl sites for hydroxylation is 1. The minimum Gasteiger partial charge on any atom is -0.320 e. The molecular weight excluding hydrogens is 304 g/mol. The lowest BCUT2D eigenvalue weighted by Gasteiger charge is -2.35. The lowest BCUT2D eigenvalue weighted by molar-refractivity contribution is 0.156. The smallest absolute Gasteiger partial charge is 0.135 e. The second-order valence-corrected chi connectivity index (χ2v) is 7.58. The maximum atomic E-state index is 4.28. The molecule has 1 aromatic heterocycles. The number of hydrogen-bond donors (Lipinski definition) is 0. The zero-order valence-electron chi connectivity index (χ0n) is 14.1. The Hall–Kier alpha value is -1.33. The number of nitrogens with zero attached hydrogens (tertiary/aromatic N) is 4. The summed E-state index contributed by atoms with van der Waals surface area (Å²) in [5.41, 5.74) is 0. The van der Waals surface area contributed by atoms with E-state index in [4.69, 9.17) is 0 Å². The molecule has 1 aliphatic heterocycles. The van der Waals surface area contributed by atoms with Crippen LogP contribution in [0.2, 0.25) is 0 Å². The molecule has 5 heteroatoms. The van der Waals surface area contributed by atoms with Crippen molar-refractivity contribution >= 4 is 11.8 Å². The molecule has 124 valence electrons. The molecule has 0 spiro atoms. The quantitative estimate of drug-likeness (QED) is 0.758. The minimum atomic E-state index is 0.574. The van der Waals surface area contributed by atoms with Crippen molar-refractivity contribution in [1.29, 1.82) is 0 Å². The molecule has 0 aliphatic carbocycles.